The van der Waals surface area contributed by atoms with E-state index in [9.17, 15) is 4.79 Å². The zero-order valence-corrected chi connectivity index (χ0v) is 10.1. The number of ketones is 1. The fraction of sp³-hybridized carbons (Fsp3) is 0.500. The summed E-state index contributed by atoms with van der Waals surface area (Å²) in [5.41, 5.74) is 2.89. The van der Waals surface area contributed by atoms with E-state index < -0.39 is 0 Å². The first-order chi connectivity index (χ1) is 7.66. The maximum absolute atomic E-state index is 11.2. The summed E-state index contributed by atoms with van der Waals surface area (Å²) >= 11 is 0. The van der Waals surface area contributed by atoms with Gasteiger partial charge in [0.05, 0.1) is 0 Å². The molecule has 1 unspecified atom stereocenters. The summed E-state index contributed by atoms with van der Waals surface area (Å²) in [5.74, 6) is 0.448. The summed E-state index contributed by atoms with van der Waals surface area (Å²) < 4.78 is 0. The molecule has 1 aliphatic rings. The van der Waals surface area contributed by atoms with Gasteiger partial charge in [0.25, 0.3) is 0 Å². The van der Waals surface area contributed by atoms with E-state index >= 15 is 0 Å². The minimum Gasteiger partial charge on any atom is -0.300 e. The number of benzene rings is 1. The van der Waals surface area contributed by atoms with Gasteiger partial charge in [0.1, 0.15) is 5.78 Å². The molecule has 0 aromatic heterocycles. The van der Waals surface area contributed by atoms with Gasteiger partial charge in [-0.25, -0.2) is 0 Å². The molecular weight excluding hydrogens is 198 g/mol. The number of fused-ring (bicyclic) bond motifs is 1. The van der Waals surface area contributed by atoms with Crippen LogP contribution in [0, 0.1) is 5.92 Å². The Morgan fingerprint density at radius 1 is 1.38 bits per heavy atom. The third-order valence-corrected chi connectivity index (χ3v) is 3.44. The lowest BCUT2D eigenvalue weighted by atomic mass is 9.98. The predicted molar refractivity (Wildman–Crippen MR) is 65.3 cm³/mol. The second-order valence-corrected chi connectivity index (χ2v) is 4.77. The van der Waals surface area contributed by atoms with E-state index in [0.717, 1.165) is 26.1 Å². The Morgan fingerprint density at radius 2 is 2.06 bits per heavy atom. The average molecular weight is 217 g/mol. The van der Waals surface area contributed by atoms with Crippen LogP contribution in [0.4, 0.5) is 0 Å². The first-order valence-electron chi connectivity index (χ1n) is 5.96. The number of carbonyl (C=O) groups excluding carboxylic acids is 1. The van der Waals surface area contributed by atoms with Crippen molar-refractivity contribution in [1.29, 1.82) is 0 Å². The van der Waals surface area contributed by atoms with Crippen LogP contribution in [0.15, 0.2) is 24.3 Å². The molecule has 0 fully saturated rings. The van der Waals surface area contributed by atoms with Crippen molar-refractivity contribution in [2.24, 2.45) is 5.92 Å². The predicted octanol–water partition coefficient (Wildman–Crippen LogP) is 2.27. The molecule has 0 aliphatic carbocycles. The van der Waals surface area contributed by atoms with Crippen LogP contribution in [0.5, 0.6) is 0 Å². The molecule has 1 aliphatic heterocycles. The summed E-state index contributed by atoms with van der Waals surface area (Å²) in [7, 11) is 0. The van der Waals surface area contributed by atoms with Gasteiger partial charge in [0, 0.05) is 25.6 Å². The lowest BCUT2D eigenvalue weighted by Crippen LogP contribution is -2.35. The quantitative estimate of drug-likeness (QED) is 0.774. The van der Waals surface area contributed by atoms with Crippen LogP contribution < -0.4 is 0 Å². The smallest absolute Gasteiger partial charge is 0.133 e. The largest absolute Gasteiger partial charge is 0.300 e. The van der Waals surface area contributed by atoms with Crippen molar-refractivity contribution in [2.75, 3.05) is 13.1 Å². The zero-order chi connectivity index (χ0) is 11.5. The third-order valence-electron chi connectivity index (χ3n) is 3.44. The molecule has 2 heteroatoms. The third kappa shape index (κ3) is 2.50. The van der Waals surface area contributed by atoms with Crippen molar-refractivity contribution < 1.29 is 4.79 Å². The summed E-state index contributed by atoms with van der Waals surface area (Å²) in [5, 5.41) is 0. The van der Waals surface area contributed by atoms with Crippen molar-refractivity contribution in [1.82, 2.24) is 4.90 Å². The molecule has 0 saturated carbocycles. The number of nitrogens with zero attached hydrogens (tertiary/aromatic N) is 1. The fourth-order valence-electron chi connectivity index (χ4n) is 2.23. The van der Waals surface area contributed by atoms with Crippen molar-refractivity contribution in [3.05, 3.63) is 35.4 Å². The fourth-order valence-corrected chi connectivity index (χ4v) is 2.23. The van der Waals surface area contributed by atoms with Gasteiger partial charge in [0.15, 0.2) is 0 Å². The van der Waals surface area contributed by atoms with Gasteiger partial charge < -0.3 is 0 Å². The minimum atomic E-state index is 0.158. The monoisotopic (exact) mass is 217 g/mol. The lowest BCUT2D eigenvalue weighted by Gasteiger charge is -2.30. The van der Waals surface area contributed by atoms with Crippen LogP contribution in [0.3, 0.4) is 0 Å². The van der Waals surface area contributed by atoms with Crippen LogP contribution >= 0.6 is 0 Å². The van der Waals surface area contributed by atoms with Gasteiger partial charge in [-0.3, -0.25) is 9.69 Å². The van der Waals surface area contributed by atoms with Gasteiger partial charge >= 0.3 is 0 Å². The highest BCUT2D eigenvalue weighted by Crippen LogP contribution is 2.19. The summed E-state index contributed by atoms with van der Waals surface area (Å²) in [4.78, 5) is 13.6. The molecule has 0 N–H and O–H groups in total. The Hall–Kier alpha value is -1.15. The van der Waals surface area contributed by atoms with Gasteiger partial charge in [-0.1, -0.05) is 31.2 Å². The second-order valence-electron chi connectivity index (χ2n) is 4.77. The average Bonchev–Trinajstić information content (AvgIpc) is 2.28. The van der Waals surface area contributed by atoms with Crippen LogP contribution in [0.25, 0.3) is 0 Å². The molecule has 1 aromatic rings. The second kappa shape index (κ2) is 4.79. The highest BCUT2D eigenvalue weighted by atomic mass is 16.1. The molecule has 1 heterocycles. The molecule has 1 aromatic carbocycles. The molecule has 0 bridgehead atoms. The number of Topliss-reactive ketones (excluding diaryl/α,β-unsaturated/α-hetero) is 1. The van der Waals surface area contributed by atoms with E-state index in [1.807, 2.05) is 6.92 Å². The topological polar surface area (TPSA) is 20.3 Å². The molecule has 1 atom stereocenters. The maximum Gasteiger partial charge on any atom is 0.133 e. The van der Waals surface area contributed by atoms with E-state index in [-0.39, 0.29) is 5.92 Å². The normalized spacial score (nSPS) is 17.9. The van der Waals surface area contributed by atoms with Gasteiger partial charge in [-0.05, 0) is 24.5 Å². The van der Waals surface area contributed by atoms with Crippen molar-refractivity contribution in [2.45, 2.75) is 26.8 Å². The van der Waals surface area contributed by atoms with Gasteiger partial charge in [0.2, 0.25) is 0 Å². The molecule has 86 valence electrons. The Bertz CT molecular complexity index is 386. The summed E-state index contributed by atoms with van der Waals surface area (Å²) in [6.45, 7) is 6.66. The Balaban J connectivity index is 2.00. The molecule has 16 heavy (non-hydrogen) atoms. The van der Waals surface area contributed by atoms with Crippen molar-refractivity contribution >= 4 is 5.78 Å². The van der Waals surface area contributed by atoms with Crippen LogP contribution in [-0.2, 0) is 17.8 Å². The summed E-state index contributed by atoms with van der Waals surface area (Å²) in [6.07, 6.45) is 1.11. The van der Waals surface area contributed by atoms with Crippen LogP contribution in [0.2, 0.25) is 0 Å². The maximum atomic E-state index is 11.2. The van der Waals surface area contributed by atoms with Gasteiger partial charge in [-0.2, -0.15) is 0 Å². The Kier molecular flexibility index (Phi) is 3.39. The van der Waals surface area contributed by atoms with E-state index in [1.165, 1.54) is 11.1 Å². The van der Waals surface area contributed by atoms with E-state index in [1.54, 1.807) is 6.92 Å². The van der Waals surface area contributed by atoms with Crippen molar-refractivity contribution in [3.8, 4) is 0 Å². The highest BCUT2D eigenvalue weighted by Gasteiger charge is 2.18. The Labute approximate surface area is 97.3 Å². The number of carbonyl (C=O) groups is 1. The molecule has 2 nitrogen and oxygen atoms in total. The summed E-state index contributed by atoms with van der Waals surface area (Å²) in [6, 6.07) is 8.60. The molecule has 0 spiro atoms. The molecule has 2 rings (SSSR count). The number of rotatable bonds is 3. The van der Waals surface area contributed by atoms with E-state index in [4.69, 9.17) is 0 Å². The SMILES string of the molecule is CC(=O)C(C)CN1CCc2ccccc2C1. The Morgan fingerprint density at radius 3 is 2.75 bits per heavy atom. The van der Waals surface area contributed by atoms with Crippen LogP contribution in [0.1, 0.15) is 25.0 Å². The van der Waals surface area contributed by atoms with E-state index in [0.29, 0.717) is 5.78 Å². The highest BCUT2D eigenvalue weighted by molar-refractivity contribution is 5.78. The molecule has 0 saturated heterocycles. The number of hydrogen-bond acceptors (Lipinski definition) is 2. The minimum absolute atomic E-state index is 0.158. The molecule has 0 radical (unpaired) electrons. The zero-order valence-electron chi connectivity index (χ0n) is 10.1. The van der Waals surface area contributed by atoms with Crippen LogP contribution in [-0.4, -0.2) is 23.8 Å². The standard InChI is InChI=1S/C14H19NO/c1-11(12(2)16)9-15-8-7-13-5-3-4-6-14(13)10-15/h3-6,11H,7-10H2,1-2H3. The first kappa shape index (κ1) is 11.3. The van der Waals surface area contributed by atoms with Gasteiger partial charge in [-0.15, -0.1) is 0 Å². The first-order valence-corrected chi connectivity index (χ1v) is 5.96. The number of hydrogen-bond donors (Lipinski definition) is 0. The van der Waals surface area contributed by atoms with E-state index in [2.05, 4.69) is 29.2 Å². The molecule has 0 amide bonds. The molecular formula is C14H19NO. The van der Waals surface area contributed by atoms with Crippen molar-refractivity contribution in [3.63, 3.8) is 0 Å². The lowest BCUT2D eigenvalue weighted by molar-refractivity contribution is -0.120.